The molecule has 1 amide bonds. The summed E-state index contributed by atoms with van der Waals surface area (Å²) in [5.41, 5.74) is 0. The maximum atomic E-state index is 13.8. The maximum absolute atomic E-state index is 13.8. The third kappa shape index (κ3) is 53.3. The van der Waals surface area contributed by atoms with Gasteiger partial charge in [0.05, 0.1) is 13.2 Å². The van der Waals surface area contributed by atoms with Gasteiger partial charge in [0.15, 0.2) is 0 Å². The molecule has 0 aromatic rings. The van der Waals surface area contributed by atoms with Crippen molar-refractivity contribution >= 4 is 29.8 Å². The number of unbranched alkanes of at least 4 members (excludes halogenated alkanes) is 32. The van der Waals surface area contributed by atoms with E-state index in [4.69, 9.17) is 18.9 Å². The molecule has 0 unspecified atom stereocenters. The standard InChI is InChI=1S/C69H132N2O9/c1-8-13-18-23-28-37-48-63(49-38-29-24-19-14-9-2)79-68(75)55-44-35-33-42-53-66(73)77-60-62(59-71(58-47-46-57-70(6)7)65(72)52-41-32-27-22-17-12-5)61-78-67(74)54-43-34-36-45-56-69(76)80-64(50-39-30-25-20-15-10-3)51-40-31-26-21-16-11-4/h62-64H,8-61H2,1-7H3. The Bertz CT molecular complexity index is 1300. The average Bonchev–Trinajstić information content (AvgIpc) is 3.44. The fourth-order valence-corrected chi connectivity index (χ4v) is 10.7. The highest BCUT2D eigenvalue weighted by atomic mass is 16.6. The largest absolute Gasteiger partial charge is 0.465 e. The van der Waals surface area contributed by atoms with E-state index in [1.165, 1.54) is 148 Å². The van der Waals surface area contributed by atoms with Crippen molar-refractivity contribution in [2.45, 2.75) is 361 Å². The zero-order chi connectivity index (χ0) is 58.8. The molecular weight excluding hydrogens is 1000 g/mol. The summed E-state index contributed by atoms with van der Waals surface area (Å²) in [7, 11) is 4.12. The van der Waals surface area contributed by atoms with Crippen LogP contribution < -0.4 is 0 Å². The summed E-state index contributed by atoms with van der Waals surface area (Å²) < 4.78 is 23.9. The van der Waals surface area contributed by atoms with Crippen LogP contribution in [0, 0.1) is 5.92 Å². The molecule has 11 heteroatoms. The molecule has 0 rings (SSSR count). The van der Waals surface area contributed by atoms with Crippen molar-refractivity contribution in [2.24, 2.45) is 5.92 Å². The van der Waals surface area contributed by atoms with Gasteiger partial charge in [-0.2, -0.15) is 0 Å². The summed E-state index contributed by atoms with van der Waals surface area (Å²) in [4.78, 5) is 70.2. The molecule has 472 valence electrons. The lowest BCUT2D eigenvalue weighted by atomic mass is 10.0. The Kier molecular flexibility index (Phi) is 57.5. The molecule has 0 saturated carbocycles. The van der Waals surface area contributed by atoms with Crippen LogP contribution in [0.5, 0.6) is 0 Å². The highest BCUT2D eigenvalue weighted by Gasteiger charge is 2.23. The van der Waals surface area contributed by atoms with Crippen LogP contribution >= 0.6 is 0 Å². The average molecular weight is 1130 g/mol. The van der Waals surface area contributed by atoms with Crippen LogP contribution in [0.15, 0.2) is 0 Å². The van der Waals surface area contributed by atoms with Crippen LogP contribution in [-0.4, -0.2) is 98.7 Å². The monoisotopic (exact) mass is 1130 g/mol. The first-order chi connectivity index (χ1) is 39.0. The molecule has 80 heavy (non-hydrogen) atoms. The second-order valence-electron chi connectivity index (χ2n) is 24.4. The van der Waals surface area contributed by atoms with Gasteiger partial charge in [-0.3, -0.25) is 24.0 Å². The van der Waals surface area contributed by atoms with Gasteiger partial charge in [0.25, 0.3) is 0 Å². The van der Waals surface area contributed by atoms with Crippen molar-refractivity contribution < 1.29 is 42.9 Å². The Morgan fingerprint density at radius 3 is 0.912 bits per heavy atom. The predicted molar refractivity (Wildman–Crippen MR) is 335 cm³/mol. The van der Waals surface area contributed by atoms with Gasteiger partial charge in [-0.1, -0.05) is 221 Å². The number of ether oxygens (including phenoxy) is 4. The fraction of sp³-hybridized carbons (Fsp3) is 0.928. The molecular formula is C69H132N2O9. The Hall–Kier alpha value is -2.69. The second-order valence-corrected chi connectivity index (χ2v) is 24.4. The van der Waals surface area contributed by atoms with Crippen molar-refractivity contribution in [3.05, 3.63) is 0 Å². The first kappa shape index (κ1) is 77.3. The first-order valence-electron chi connectivity index (χ1n) is 34.6. The van der Waals surface area contributed by atoms with E-state index in [1.54, 1.807) is 0 Å². The summed E-state index contributed by atoms with van der Waals surface area (Å²) in [5.74, 6) is -1.01. The van der Waals surface area contributed by atoms with Crippen LogP contribution in [-0.2, 0) is 42.9 Å². The quantitative estimate of drug-likeness (QED) is 0.0330. The summed E-state index contributed by atoms with van der Waals surface area (Å²) in [6.07, 6.45) is 50.0. The molecule has 0 spiro atoms. The Balaban J connectivity index is 5.32. The molecule has 0 fully saturated rings. The van der Waals surface area contributed by atoms with Gasteiger partial charge in [-0.25, -0.2) is 0 Å². The smallest absolute Gasteiger partial charge is 0.306 e. The van der Waals surface area contributed by atoms with E-state index in [1.807, 2.05) is 4.90 Å². The lowest BCUT2D eigenvalue weighted by Crippen LogP contribution is -2.39. The topological polar surface area (TPSA) is 129 Å². The molecule has 0 aliphatic carbocycles. The molecule has 0 aromatic carbocycles. The fourth-order valence-electron chi connectivity index (χ4n) is 10.7. The molecule has 0 aromatic heterocycles. The Morgan fingerprint density at radius 1 is 0.312 bits per heavy atom. The van der Waals surface area contributed by atoms with Crippen LogP contribution in [0.4, 0.5) is 0 Å². The lowest BCUT2D eigenvalue weighted by Gasteiger charge is -2.28. The van der Waals surface area contributed by atoms with E-state index < -0.39 is 0 Å². The summed E-state index contributed by atoms with van der Waals surface area (Å²) in [6, 6.07) is 0. The van der Waals surface area contributed by atoms with Gasteiger partial charge >= 0.3 is 23.9 Å². The highest BCUT2D eigenvalue weighted by Crippen LogP contribution is 2.21. The Labute approximate surface area is 494 Å². The Morgan fingerprint density at radius 2 is 0.588 bits per heavy atom. The van der Waals surface area contributed by atoms with E-state index in [0.29, 0.717) is 45.2 Å². The third-order valence-corrected chi connectivity index (χ3v) is 16.0. The summed E-state index contributed by atoms with van der Waals surface area (Å²) >= 11 is 0. The number of nitrogens with zero attached hydrogens (tertiary/aromatic N) is 2. The number of amides is 1. The van der Waals surface area contributed by atoms with Gasteiger partial charge in [-0.15, -0.1) is 0 Å². The predicted octanol–water partition coefficient (Wildman–Crippen LogP) is 19.1. The zero-order valence-electron chi connectivity index (χ0n) is 54.0. The van der Waals surface area contributed by atoms with Crippen molar-refractivity contribution in [1.29, 1.82) is 0 Å². The van der Waals surface area contributed by atoms with Gasteiger partial charge in [0, 0.05) is 51.1 Å². The van der Waals surface area contributed by atoms with Crippen molar-refractivity contribution in [3.63, 3.8) is 0 Å². The minimum absolute atomic E-state index is 0.0211. The molecule has 0 bridgehead atoms. The van der Waals surface area contributed by atoms with Crippen molar-refractivity contribution in [2.75, 3.05) is 46.9 Å². The van der Waals surface area contributed by atoms with E-state index in [2.05, 4.69) is 53.6 Å². The zero-order valence-corrected chi connectivity index (χ0v) is 54.0. The number of esters is 4. The number of carbonyl (C=O) groups is 5. The van der Waals surface area contributed by atoms with Gasteiger partial charge in [0.2, 0.25) is 5.91 Å². The van der Waals surface area contributed by atoms with Crippen molar-refractivity contribution in [3.8, 4) is 0 Å². The minimum atomic E-state index is -0.348. The van der Waals surface area contributed by atoms with E-state index in [-0.39, 0.29) is 74.0 Å². The molecule has 0 atom stereocenters. The molecule has 0 saturated heterocycles. The second kappa shape index (κ2) is 59.5. The normalized spacial score (nSPS) is 11.6. The lowest BCUT2D eigenvalue weighted by molar-refractivity contribution is -0.151. The van der Waals surface area contributed by atoms with Crippen LogP contribution in [0.1, 0.15) is 349 Å². The first-order valence-corrected chi connectivity index (χ1v) is 34.6. The van der Waals surface area contributed by atoms with Crippen LogP contribution in [0.3, 0.4) is 0 Å². The molecule has 0 radical (unpaired) electrons. The van der Waals surface area contributed by atoms with Crippen LogP contribution in [0.25, 0.3) is 0 Å². The number of rotatable bonds is 62. The number of hydrogen-bond acceptors (Lipinski definition) is 10. The third-order valence-electron chi connectivity index (χ3n) is 16.0. The van der Waals surface area contributed by atoms with Gasteiger partial charge in [-0.05, 0) is 117 Å². The molecule has 0 heterocycles. The van der Waals surface area contributed by atoms with Crippen molar-refractivity contribution in [1.82, 2.24) is 9.80 Å². The van der Waals surface area contributed by atoms with E-state index in [0.717, 1.165) is 129 Å². The minimum Gasteiger partial charge on any atom is -0.465 e. The van der Waals surface area contributed by atoms with E-state index >= 15 is 0 Å². The SMILES string of the molecule is CCCCCCCCC(=O)N(CCCCN(C)C)CC(COC(=O)CCCCCCC(=O)OC(CCCCCCCC)CCCCCCCC)COC(=O)CCCCCCC(=O)OC(CCCCCCCC)CCCCCCCC. The molecule has 0 aliphatic heterocycles. The molecule has 0 N–H and O–H groups in total. The number of hydrogen-bond donors (Lipinski definition) is 0. The maximum Gasteiger partial charge on any atom is 0.306 e. The summed E-state index contributed by atoms with van der Waals surface area (Å²) in [6.45, 7) is 13.2. The van der Waals surface area contributed by atoms with E-state index in [9.17, 15) is 24.0 Å². The van der Waals surface area contributed by atoms with Crippen LogP contribution in [0.2, 0.25) is 0 Å². The van der Waals surface area contributed by atoms with Gasteiger partial charge < -0.3 is 28.7 Å². The number of carbonyl (C=O) groups excluding carboxylic acids is 5. The molecule has 11 nitrogen and oxygen atoms in total. The van der Waals surface area contributed by atoms with Gasteiger partial charge in [0.1, 0.15) is 12.2 Å². The summed E-state index contributed by atoms with van der Waals surface area (Å²) in [5, 5.41) is 0. The molecule has 0 aliphatic rings. The highest BCUT2D eigenvalue weighted by molar-refractivity contribution is 5.76.